The Labute approximate surface area is 156 Å². The maximum Gasteiger partial charge on any atom is 0.193 e. The Morgan fingerprint density at radius 1 is 1.31 bits per heavy atom. The summed E-state index contributed by atoms with van der Waals surface area (Å²) in [5.74, 6) is 2.90. The first-order valence-electron chi connectivity index (χ1n) is 9.24. The molecule has 2 aromatic rings. The van der Waals surface area contributed by atoms with Gasteiger partial charge in [0.05, 0.1) is 7.11 Å². The SMILES string of the molecule is CCNC(=NCCCCn1ccnc1C)N(C)Cc1ccccc1OC. The molecule has 0 unspecified atom stereocenters. The molecule has 0 aliphatic rings. The van der Waals surface area contributed by atoms with E-state index in [0.29, 0.717) is 0 Å². The number of aromatic nitrogens is 2. The van der Waals surface area contributed by atoms with Gasteiger partial charge in [0, 0.05) is 51.2 Å². The van der Waals surface area contributed by atoms with Crippen LogP contribution in [0.2, 0.25) is 0 Å². The molecule has 0 bridgehead atoms. The first-order chi connectivity index (χ1) is 12.7. The molecule has 0 aliphatic heterocycles. The van der Waals surface area contributed by atoms with Crippen LogP contribution in [0.5, 0.6) is 5.75 Å². The van der Waals surface area contributed by atoms with E-state index in [4.69, 9.17) is 9.73 Å². The number of hydrogen-bond donors (Lipinski definition) is 1. The zero-order valence-corrected chi connectivity index (χ0v) is 16.4. The average molecular weight is 358 g/mol. The topological polar surface area (TPSA) is 54.7 Å². The number of rotatable bonds is 9. The summed E-state index contributed by atoms with van der Waals surface area (Å²) in [6.07, 6.45) is 6.03. The lowest BCUT2D eigenvalue weighted by atomic mass is 10.2. The van der Waals surface area contributed by atoms with Crippen LogP contribution in [-0.4, -0.2) is 47.7 Å². The maximum atomic E-state index is 5.45. The normalized spacial score (nSPS) is 11.5. The first kappa shape index (κ1) is 19.8. The third-order valence-corrected chi connectivity index (χ3v) is 4.29. The van der Waals surface area contributed by atoms with E-state index in [0.717, 1.165) is 62.1 Å². The van der Waals surface area contributed by atoms with Crippen molar-refractivity contribution in [2.75, 3.05) is 27.2 Å². The van der Waals surface area contributed by atoms with Gasteiger partial charge < -0.3 is 19.5 Å². The molecule has 0 atom stereocenters. The summed E-state index contributed by atoms with van der Waals surface area (Å²) in [6.45, 7) is 7.54. The van der Waals surface area contributed by atoms with Crippen molar-refractivity contribution in [3.05, 3.63) is 48.0 Å². The fourth-order valence-corrected chi connectivity index (χ4v) is 2.85. The third-order valence-electron chi connectivity index (χ3n) is 4.29. The molecular weight excluding hydrogens is 326 g/mol. The third kappa shape index (κ3) is 5.79. The molecule has 0 saturated heterocycles. The van der Waals surface area contributed by atoms with Crippen LogP contribution in [0.3, 0.4) is 0 Å². The van der Waals surface area contributed by atoms with E-state index in [1.54, 1.807) is 7.11 Å². The number of aryl methyl sites for hydroxylation is 2. The highest BCUT2D eigenvalue weighted by Gasteiger charge is 2.09. The lowest BCUT2D eigenvalue weighted by molar-refractivity contribution is 0.396. The van der Waals surface area contributed by atoms with Crippen LogP contribution in [0.4, 0.5) is 0 Å². The Morgan fingerprint density at radius 3 is 2.81 bits per heavy atom. The molecule has 142 valence electrons. The Hall–Kier alpha value is -2.50. The molecule has 0 amide bonds. The molecule has 0 radical (unpaired) electrons. The molecule has 0 spiro atoms. The number of aliphatic imine (C=N–C) groups is 1. The summed E-state index contributed by atoms with van der Waals surface area (Å²) in [5.41, 5.74) is 1.15. The highest BCUT2D eigenvalue weighted by molar-refractivity contribution is 5.79. The predicted octanol–water partition coefficient (Wildman–Crippen LogP) is 3.08. The summed E-state index contributed by atoms with van der Waals surface area (Å²) < 4.78 is 7.63. The molecule has 26 heavy (non-hydrogen) atoms. The van der Waals surface area contributed by atoms with Crippen molar-refractivity contribution in [1.82, 2.24) is 19.8 Å². The molecule has 1 heterocycles. The molecular formula is C20H31N5O. The van der Waals surface area contributed by atoms with Crippen LogP contribution in [-0.2, 0) is 13.1 Å². The Balaban J connectivity index is 1.87. The molecule has 0 fully saturated rings. The van der Waals surface area contributed by atoms with E-state index >= 15 is 0 Å². The van der Waals surface area contributed by atoms with Crippen molar-refractivity contribution in [3.63, 3.8) is 0 Å². The van der Waals surface area contributed by atoms with Gasteiger partial charge in [-0.25, -0.2) is 4.98 Å². The van der Waals surface area contributed by atoms with Crippen LogP contribution >= 0.6 is 0 Å². The zero-order valence-electron chi connectivity index (χ0n) is 16.4. The van der Waals surface area contributed by atoms with Crippen molar-refractivity contribution in [3.8, 4) is 5.75 Å². The summed E-state index contributed by atoms with van der Waals surface area (Å²) in [4.78, 5) is 11.2. The number of para-hydroxylation sites is 1. The van der Waals surface area contributed by atoms with Crippen molar-refractivity contribution in [2.45, 2.75) is 39.8 Å². The smallest absolute Gasteiger partial charge is 0.193 e. The standard InChI is InChI=1S/C20H31N5O/c1-5-21-20(23-12-8-9-14-25-15-13-22-17(25)2)24(3)16-18-10-6-7-11-19(18)26-4/h6-7,10-11,13,15H,5,8-9,12,14,16H2,1-4H3,(H,21,23). The van der Waals surface area contributed by atoms with E-state index in [9.17, 15) is 0 Å². The van der Waals surface area contributed by atoms with E-state index in [-0.39, 0.29) is 0 Å². The summed E-state index contributed by atoms with van der Waals surface area (Å²) >= 11 is 0. The number of imidazole rings is 1. The summed E-state index contributed by atoms with van der Waals surface area (Å²) in [7, 11) is 3.77. The maximum absolute atomic E-state index is 5.45. The van der Waals surface area contributed by atoms with Crippen molar-refractivity contribution in [2.24, 2.45) is 4.99 Å². The van der Waals surface area contributed by atoms with Crippen LogP contribution in [0.25, 0.3) is 0 Å². The van der Waals surface area contributed by atoms with Crippen molar-refractivity contribution >= 4 is 5.96 Å². The highest BCUT2D eigenvalue weighted by Crippen LogP contribution is 2.18. The molecule has 6 heteroatoms. The van der Waals surface area contributed by atoms with Crippen LogP contribution in [0, 0.1) is 6.92 Å². The minimum atomic E-state index is 0.754. The highest BCUT2D eigenvalue weighted by atomic mass is 16.5. The summed E-state index contributed by atoms with van der Waals surface area (Å²) in [5, 5.41) is 3.37. The largest absolute Gasteiger partial charge is 0.496 e. The van der Waals surface area contributed by atoms with Crippen LogP contribution in [0.1, 0.15) is 31.2 Å². The van der Waals surface area contributed by atoms with Crippen molar-refractivity contribution in [1.29, 1.82) is 0 Å². The van der Waals surface area contributed by atoms with Gasteiger partial charge in [-0.2, -0.15) is 0 Å². The van der Waals surface area contributed by atoms with E-state index in [1.807, 2.05) is 37.5 Å². The lowest BCUT2D eigenvalue weighted by Crippen LogP contribution is -2.38. The fourth-order valence-electron chi connectivity index (χ4n) is 2.85. The number of guanidine groups is 1. The predicted molar refractivity (Wildman–Crippen MR) is 107 cm³/mol. The minimum absolute atomic E-state index is 0.754. The van der Waals surface area contributed by atoms with Gasteiger partial charge >= 0.3 is 0 Å². The molecule has 1 aromatic carbocycles. The molecule has 6 nitrogen and oxygen atoms in total. The Bertz CT molecular complexity index is 695. The number of hydrogen-bond acceptors (Lipinski definition) is 3. The second-order valence-corrected chi connectivity index (χ2v) is 6.28. The fraction of sp³-hybridized carbons (Fsp3) is 0.500. The van der Waals surface area contributed by atoms with Gasteiger partial charge in [-0.3, -0.25) is 4.99 Å². The van der Waals surface area contributed by atoms with Gasteiger partial charge in [-0.1, -0.05) is 18.2 Å². The molecule has 1 aromatic heterocycles. The molecule has 0 aliphatic carbocycles. The van der Waals surface area contributed by atoms with Crippen LogP contribution in [0.15, 0.2) is 41.7 Å². The Morgan fingerprint density at radius 2 is 2.12 bits per heavy atom. The second kappa shape index (κ2) is 10.5. The number of unbranched alkanes of at least 4 members (excludes halogenated alkanes) is 1. The van der Waals surface area contributed by atoms with Gasteiger partial charge in [0.2, 0.25) is 0 Å². The van der Waals surface area contributed by atoms with Crippen molar-refractivity contribution < 1.29 is 4.74 Å². The van der Waals surface area contributed by atoms with Crippen LogP contribution < -0.4 is 10.1 Å². The van der Waals surface area contributed by atoms with Gasteiger partial charge in [0.15, 0.2) is 5.96 Å². The molecule has 0 saturated carbocycles. The van der Waals surface area contributed by atoms with Gasteiger partial charge in [0.25, 0.3) is 0 Å². The molecule has 1 N–H and O–H groups in total. The number of ether oxygens (including phenoxy) is 1. The number of nitrogens with one attached hydrogen (secondary N) is 1. The van der Waals surface area contributed by atoms with Gasteiger partial charge in [-0.15, -0.1) is 0 Å². The quantitative estimate of drug-likeness (QED) is 0.426. The van der Waals surface area contributed by atoms with E-state index < -0.39 is 0 Å². The monoisotopic (exact) mass is 357 g/mol. The summed E-state index contributed by atoms with van der Waals surface area (Å²) in [6, 6.07) is 8.11. The number of nitrogens with zero attached hydrogens (tertiary/aromatic N) is 4. The minimum Gasteiger partial charge on any atom is -0.496 e. The average Bonchev–Trinajstić information content (AvgIpc) is 3.06. The first-order valence-corrected chi connectivity index (χ1v) is 9.24. The van der Waals surface area contributed by atoms with E-state index in [2.05, 4.69) is 39.8 Å². The molecule has 2 rings (SSSR count). The van der Waals surface area contributed by atoms with Gasteiger partial charge in [0.1, 0.15) is 11.6 Å². The zero-order chi connectivity index (χ0) is 18.8. The van der Waals surface area contributed by atoms with E-state index in [1.165, 1.54) is 0 Å². The Kier molecular flexibility index (Phi) is 7.99. The number of benzene rings is 1. The number of methoxy groups -OCH3 is 1. The lowest BCUT2D eigenvalue weighted by Gasteiger charge is -2.23. The van der Waals surface area contributed by atoms with Gasteiger partial charge in [-0.05, 0) is 32.8 Å². The second-order valence-electron chi connectivity index (χ2n) is 6.28.